The first kappa shape index (κ1) is 18.7. The minimum atomic E-state index is -0.578. The van der Waals surface area contributed by atoms with Crippen LogP contribution < -0.4 is 4.74 Å². The van der Waals surface area contributed by atoms with Gasteiger partial charge in [-0.15, -0.1) is 6.58 Å². The molecule has 0 radical (unpaired) electrons. The summed E-state index contributed by atoms with van der Waals surface area (Å²) in [7, 11) is 3.30. The van der Waals surface area contributed by atoms with Crippen molar-refractivity contribution in [3.8, 4) is 5.75 Å². The molecule has 0 amide bonds. The van der Waals surface area contributed by atoms with Gasteiger partial charge in [-0.1, -0.05) is 32.1 Å². The van der Waals surface area contributed by atoms with E-state index in [1.54, 1.807) is 14.2 Å². The number of methoxy groups -OCH3 is 2. The van der Waals surface area contributed by atoms with E-state index in [4.69, 9.17) is 14.2 Å². The van der Waals surface area contributed by atoms with Gasteiger partial charge < -0.3 is 19.3 Å². The lowest BCUT2D eigenvalue weighted by molar-refractivity contribution is -0.0586. The summed E-state index contributed by atoms with van der Waals surface area (Å²) in [5.41, 5.74) is 1.04. The van der Waals surface area contributed by atoms with Crippen LogP contribution in [0, 0.1) is 11.8 Å². The molecule has 0 unspecified atom stereocenters. The second kappa shape index (κ2) is 9.62. The Bertz CT molecular complexity index is 429. The molecular formula is C18H28O4. The van der Waals surface area contributed by atoms with Gasteiger partial charge in [-0.2, -0.15) is 0 Å². The fourth-order valence-corrected chi connectivity index (χ4v) is 2.43. The molecule has 1 N–H and O–H groups in total. The zero-order chi connectivity index (χ0) is 16.5. The summed E-state index contributed by atoms with van der Waals surface area (Å²) in [5, 5.41) is 10.3. The number of aliphatic hydroxyl groups is 1. The van der Waals surface area contributed by atoms with Gasteiger partial charge in [-0.3, -0.25) is 0 Å². The molecule has 0 aliphatic heterocycles. The van der Waals surface area contributed by atoms with Gasteiger partial charge in [0.1, 0.15) is 5.75 Å². The van der Waals surface area contributed by atoms with Crippen LogP contribution >= 0.6 is 0 Å². The molecule has 0 spiro atoms. The lowest BCUT2D eigenvalue weighted by atomic mass is 9.89. The van der Waals surface area contributed by atoms with Crippen LogP contribution in [0.1, 0.15) is 19.4 Å². The van der Waals surface area contributed by atoms with Crippen molar-refractivity contribution in [1.82, 2.24) is 0 Å². The van der Waals surface area contributed by atoms with Crippen LogP contribution in [0.2, 0.25) is 0 Å². The van der Waals surface area contributed by atoms with Crippen molar-refractivity contribution in [2.75, 3.05) is 20.8 Å². The Balaban J connectivity index is 2.43. The number of hydrogen-bond donors (Lipinski definition) is 1. The highest BCUT2D eigenvalue weighted by Crippen LogP contribution is 2.21. The number of benzene rings is 1. The van der Waals surface area contributed by atoms with Gasteiger partial charge >= 0.3 is 0 Å². The fraction of sp³-hybridized carbons (Fsp3) is 0.556. The van der Waals surface area contributed by atoms with Crippen LogP contribution in [0.5, 0.6) is 5.75 Å². The quantitative estimate of drug-likeness (QED) is 0.675. The maximum atomic E-state index is 10.3. The smallest absolute Gasteiger partial charge is 0.118 e. The third kappa shape index (κ3) is 5.44. The van der Waals surface area contributed by atoms with E-state index in [2.05, 4.69) is 6.58 Å². The summed E-state index contributed by atoms with van der Waals surface area (Å²) in [6, 6.07) is 7.69. The Kier molecular flexibility index (Phi) is 8.17. The fourth-order valence-electron chi connectivity index (χ4n) is 2.43. The topological polar surface area (TPSA) is 47.9 Å². The van der Waals surface area contributed by atoms with Crippen LogP contribution in [0.3, 0.4) is 0 Å². The van der Waals surface area contributed by atoms with Crippen LogP contribution in [-0.2, 0) is 16.1 Å². The van der Waals surface area contributed by atoms with Crippen molar-refractivity contribution in [3.05, 3.63) is 42.5 Å². The molecule has 0 heterocycles. The van der Waals surface area contributed by atoms with E-state index in [1.165, 1.54) is 0 Å². The Morgan fingerprint density at radius 3 is 2.32 bits per heavy atom. The SMILES string of the molecule is C=C[C@@H](C)[C@@H](OC)[C@@H](C)[C@H](O)COCc1ccc(OC)cc1. The summed E-state index contributed by atoms with van der Waals surface area (Å²) in [6.07, 6.45) is 1.19. The third-order valence-corrected chi connectivity index (χ3v) is 4.00. The number of ether oxygens (including phenoxy) is 3. The van der Waals surface area contributed by atoms with E-state index >= 15 is 0 Å². The van der Waals surface area contributed by atoms with E-state index in [0.29, 0.717) is 6.61 Å². The highest BCUT2D eigenvalue weighted by molar-refractivity contribution is 5.26. The van der Waals surface area contributed by atoms with E-state index in [-0.39, 0.29) is 24.5 Å². The summed E-state index contributed by atoms with van der Waals surface area (Å²) in [4.78, 5) is 0. The van der Waals surface area contributed by atoms with E-state index < -0.39 is 6.10 Å². The highest BCUT2D eigenvalue weighted by atomic mass is 16.5. The van der Waals surface area contributed by atoms with Crippen molar-refractivity contribution in [2.24, 2.45) is 11.8 Å². The summed E-state index contributed by atoms with van der Waals surface area (Å²) < 4.78 is 16.2. The van der Waals surface area contributed by atoms with Crippen molar-refractivity contribution in [3.63, 3.8) is 0 Å². The summed E-state index contributed by atoms with van der Waals surface area (Å²) in [5.74, 6) is 0.962. The summed E-state index contributed by atoms with van der Waals surface area (Å²) in [6.45, 7) is 8.52. The molecule has 1 aromatic carbocycles. The lowest BCUT2D eigenvalue weighted by Crippen LogP contribution is -2.37. The Morgan fingerprint density at radius 1 is 1.18 bits per heavy atom. The largest absolute Gasteiger partial charge is 0.497 e. The molecule has 124 valence electrons. The average molecular weight is 308 g/mol. The van der Waals surface area contributed by atoms with E-state index in [9.17, 15) is 5.11 Å². The standard InChI is InChI=1S/C18H28O4/c1-6-13(2)18(21-5)14(3)17(19)12-22-11-15-7-9-16(20-4)10-8-15/h6-10,13-14,17-19H,1,11-12H2,2-5H3/t13-,14+,17-,18-/m1/s1. The average Bonchev–Trinajstić information content (AvgIpc) is 2.55. The van der Waals surface area contributed by atoms with E-state index in [1.807, 2.05) is 44.2 Å². The molecule has 0 fully saturated rings. The molecule has 0 aromatic heterocycles. The molecule has 4 heteroatoms. The third-order valence-electron chi connectivity index (χ3n) is 4.00. The Morgan fingerprint density at radius 2 is 1.82 bits per heavy atom. The van der Waals surface area contributed by atoms with Gasteiger partial charge in [0.05, 0.1) is 32.5 Å². The maximum absolute atomic E-state index is 10.3. The Labute approximate surface area is 133 Å². The molecule has 4 atom stereocenters. The lowest BCUT2D eigenvalue weighted by Gasteiger charge is -2.30. The molecular weight excluding hydrogens is 280 g/mol. The van der Waals surface area contributed by atoms with Gasteiger partial charge in [0.25, 0.3) is 0 Å². The molecule has 1 aromatic rings. The number of rotatable bonds is 10. The van der Waals surface area contributed by atoms with Gasteiger partial charge in [0.15, 0.2) is 0 Å². The van der Waals surface area contributed by atoms with Crippen LogP contribution in [0.15, 0.2) is 36.9 Å². The van der Waals surface area contributed by atoms with Gasteiger partial charge in [0, 0.05) is 18.9 Å². The zero-order valence-corrected chi connectivity index (χ0v) is 14.0. The molecule has 0 saturated heterocycles. The normalized spacial score (nSPS) is 16.6. The van der Waals surface area contributed by atoms with Gasteiger partial charge in [0.2, 0.25) is 0 Å². The monoisotopic (exact) mass is 308 g/mol. The molecule has 0 bridgehead atoms. The molecule has 22 heavy (non-hydrogen) atoms. The van der Waals surface area contributed by atoms with Crippen LogP contribution in [0.4, 0.5) is 0 Å². The van der Waals surface area contributed by atoms with Crippen LogP contribution in [0.25, 0.3) is 0 Å². The van der Waals surface area contributed by atoms with Gasteiger partial charge in [-0.25, -0.2) is 0 Å². The molecule has 1 rings (SSSR count). The number of aliphatic hydroxyl groups excluding tert-OH is 1. The van der Waals surface area contributed by atoms with Gasteiger partial charge in [-0.05, 0) is 17.7 Å². The number of hydrogen-bond acceptors (Lipinski definition) is 4. The first-order valence-electron chi connectivity index (χ1n) is 7.57. The summed E-state index contributed by atoms with van der Waals surface area (Å²) >= 11 is 0. The zero-order valence-electron chi connectivity index (χ0n) is 14.0. The second-order valence-corrected chi connectivity index (χ2v) is 5.58. The molecule has 4 nitrogen and oxygen atoms in total. The molecule has 0 aliphatic rings. The van der Waals surface area contributed by atoms with Crippen molar-refractivity contribution < 1.29 is 19.3 Å². The second-order valence-electron chi connectivity index (χ2n) is 5.58. The van der Waals surface area contributed by atoms with Crippen molar-refractivity contribution in [1.29, 1.82) is 0 Å². The first-order chi connectivity index (χ1) is 10.5. The highest BCUT2D eigenvalue weighted by Gasteiger charge is 2.27. The van der Waals surface area contributed by atoms with Crippen molar-refractivity contribution in [2.45, 2.75) is 32.7 Å². The predicted octanol–water partition coefficient (Wildman–Crippen LogP) is 3.05. The van der Waals surface area contributed by atoms with E-state index in [0.717, 1.165) is 11.3 Å². The minimum absolute atomic E-state index is 0.0335. The maximum Gasteiger partial charge on any atom is 0.118 e. The molecule has 0 saturated carbocycles. The first-order valence-corrected chi connectivity index (χ1v) is 7.57. The van der Waals surface area contributed by atoms with Crippen LogP contribution in [-0.4, -0.2) is 38.1 Å². The predicted molar refractivity (Wildman–Crippen MR) is 88.0 cm³/mol. The molecule has 0 aliphatic carbocycles. The minimum Gasteiger partial charge on any atom is -0.497 e. The Hall–Kier alpha value is -1.36. The van der Waals surface area contributed by atoms with Crippen molar-refractivity contribution >= 4 is 0 Å².